The van der Waals surface area contributed by atoms with Gasteiger partial charge in [0.05, 0.1) is 11.3 Å². The molecule has 0 bridgehead atoms. The summed E-state index contributed by atoms with van der Waals surface area (Å²) in [6.07, 6.45) is 0. The van der Waals surface area contributed by atoms with E-state index in [2.05, 4.69) is 23.3 Å². The van der Waals surface area contributed by atoms with Crippen LogP contribution in [0, 0.1) is 13.8 Å². The van der Waals surface area contributed by atoms with Crippen molar-refractivity contribution in [3.05, 3.63) is 45.2 Å². The van der Waals surface area contributed by atoms with Gasteiger partial charge in [-0.05, 0) is 25.5 Å². The van der Waals surface area contributed by atoms with Crippen LogP contribution in [0.2, 0.25) is 0 Å². The summed E-state index contributed by atoms with van der Waals surface area (Å²) in [7, 11) is 1.70. The highest BCUT2D eigenvalue weighted by Gasteiger charge is 2.14. The lowest BCUT2D eigenvalue weighted by molar-refractivity contribution is 0.739. The summed E-state index contributed by atoms with van der Waals surface area (Å²) in [4.78, 5) is 11.8. The standard InChI is InChI=1S/C13H17N3O/c1-8-4-5-9(2)10(6-8)12-11(7-14)13(17)16(3)15-12/h4-6,15H,7,14H2,1-3H3. The molecular formula is C13H17N3O. The second-order valence-corrected chi connectivity index (χ2v) is 4.35. The Morgan fingerprint density at radius 3 is 2.71 bits per heavy atom. The first kappa shape index (κ1) is 11.7. The van der Waals surface area contributed by atoms with Crippen molar-refractivity contribution < 1.29 is 0 Å². The van der Waals surface area contributed by atoms with Crippen LogP contribution in [0.1, 0.15) is 16.7 Å². The van der Waals surface area contributed by atoms with Crippen LogP contribution in [0.25, 0.3) is 11.3 Å². The van der Waals surface area contributed by atoms with Crippen molar-refractivity contribution in [1.29, 1.82) is 0 Å². The summed E-state index contributed by atoms with van der Waals surface area (Å²) < 4.78 is 1.47. The summed E-state index contributed by atoms with van der Waals surface area (Å²) in [5, 5.41) is 3.07. The molecule has 2 aromatic rings. The third-order valence-corrected chi connectivity index (χ3v) is 3.01. The van der Waals surface area contributed by atoms with Crippen LogP contribution in [-0.2, 0) is 13.6 Å². The Balaban J connectivity index is 2.72. The largest absolute Gasteiger partial charge is 0.326 e. The Labute approximate surface area is 100 Å². The molecule has 0 saturated heterocycles. The Kier molecular flexibility index (Phi) is 2.90. The predicted molar refractivity (Wildman–Crippen MR) is 68.8 cm³/mol. The van der Waals surface area contributed by atoms with Gasteiger partial charge in [0.15, 0.2) is 0 Å². The fraction of sp³-hybridized carbons (Fsp3) is 0.308. The maximum atomic E-state index is 11.8. The first-order valence-corrected chi connectivity index (χ1v) is 5.60. The van der Waals surface area contributed by atoms with E-state index in [9.17, 15) is 4.79 Å². The monoisotopic (exact) mass is 231 g/mol. The minimum atomic E-state index is -0.0524. The molecule has 17 heavy (non-hydrogen) atoms. The fourth-order valence-corrected chi connectivity index (χ4v) is 2.01. The minimum Gasteiger partial charge on any atom is -0.326 e. The lowest BCUT2D eigenvalue weighted by Gasteiger charge is -2.06. The normalized spacial score (nSPS) is 10.8. The van der Waals surface area contributed by atoms with Gasteiger partial charge in [-0.15, -0.1) is 0 Å². The van der Waals surface area contributed by atoms with Crippen molar-refractivity contribution in [2.75, 3.05) is 0 Å². The first-order valence-electron chi connectivity index (χ1n) is 5.60. The third-order valence-electron chi connectivity index (χ3n) is 3.01. The predicted octanol–water partition coefficient (Wildman–Crippen LogP) is 1.46. The number of hydrogen-bond acceptors (Lipinski definition) is 2. The van der Waals surface area contributed by atoms with Crippen molar-refractivity contribution in [3.8, 4) is 11.3 Å². The molecule has 4 nitrogen and oxygen atoms in total. The van der Waals surface area contributed by atoms with E-state index in [4.69, 9.17) is 5.73 Å². The molecule has 90 valence electrons. The zero-order valence-electron chi connectivity index (χ0n) is 10.4. The van der Waals surface area contributed by atoms with Crippen LogP contribution in [0.15, 0.2) is 23.0 Å². The Bertz CT molecular complexity index is 608. The molecule has 0 radical (unpaired) electrons. The van der Waals surface area contributed by atoms with Gasteiger partial charge in [-0.25, -0.2) is 0 Å². The maximum Gasteiger partial charge on any atom is 0.271 e. The Hall–Kier alpha value is -1.81. The van der Waals surface area contributed by atoms with Crippen LogP contribution < -0.4 is 11.3 Å². The summed E-state index contributed by atoms with van der Waals surface area (Å²) >= 11 is 0. The molecule has 0 aliphatic carbocycles. The zero-order chi connectivity index (χ0) is 12.6. The molecule has 0 spiro atoms. The molecule has 0 atom stereocenters. The average Bonchev–Trinajstić information content (AvgIpc) is 2.58. The second kappa shape index (κ2) is 4.22. The van der Waals surface area contributed by atoms with E-state index in [1.165, 1.54) is 10.2 Å². The number of aryl methyl sites for hydroxylation is 3. The van der Waals surface area contributed by atoms with Crippen molar-refractivity contribution in [2.24, 2.45) is 12.8 Å². The van der Waals surface area contributed by atoms with Gasteiger partial charge in [-0.2, -0.15) is 0 Å². The number of aromatic amines is 1. The van der Waals surface area contributed by atoms with Crippen LogP contribution in [-0.4, -0.2) is 9.78 Å². The highest BCUT2D eigenvalue weighted by atomic mass is 16.1. The number of rotatable bonds is 2. The number of hydrogen-bond donors (Lipinski definition) is 2. The summed E-state index contributed by atoms with van der Waals surface area (Å²) in [6, 6.07) is 6.18. The summed E-state index contributed by atoms with van der Waals surface area (Å²) in [6.45, 7) is 4.31. The van der Waals surface area contributed by atoms with Gasteiger partial charge in [0.2, 0.25) is 0 Å². The van der Waals surface area contributed by atoms with Gasteiger partial charge in [0.25, 0.3) is 5.56 Å². The summed E-state index contributed by atoms with van der Waals surface area (Å²) in [5.41, 5.74) is 10.4. The Morgan fingerprint density at radius 1 is 1.35 bits per heavy atom. The molecule has 0 amide bonds. The van der Waals surface area contributed by atoms with Crippen LogP contribution in [0.4, 0.5) is 0 Å². The molecule has 0 fully saturated rings. The van der Waals surface area contributed by atoms with Crippen LogP contribution in [0.3, 0.4) is 0 Å². The van der Waals surface area contributed by atoms with Gasteiger partial charge in [-0.3, -0.25) is 14.6 Å². The number of benzene rings is 1. The molecular weight excluding hydrogens is 214 g/mol. The van der Waals surface area contributed by atoms with E-state index >= 15 is 0 Å². The Morgan fingerprint density at radius 2 is 2.06 bits per heavy atom. The molecule has 0 aliphatic heterocycles. The zero-order valence-corrected chi connectivity index (χ0v) is 10.4. The van der Waals surface area contributed by atoms with E-state index in [1.807, 2.05) is 13.8 Å². The van der Waals surface area contributed by atoms with Gasteiger partial charge in [0, 0.05) is 19.2 Å². The number of H-pyrrole nitrogens is 1. The van der Waals surface area contributed by atoms with Gasteiger partial charge >= 0.3 is 0 Å². The van der Waals surface area contributed by atoms with Gasteiger partial charge in [-0.1, -0.05) is 17.7 Å². The first-order chi connectivity index (χ1) is 8.04. The van der Waals surface area contributed by atoms with E-state index < -0.39 is 0 Å². The molecule has 0 saturated carbocycles. The molecule has 2 rings (SSSR count). The maximum absolute atomic E-state index is 11.8. The van der Waals surface area contributed by atoms with Crippen molar-refractivity contribution >= 4 is 0 Å². The van der Waals surface area contributed by atoms with Crippen molar-refractivity contribution in [1.82, 2.24) is 9.78 Å². The molecule has 1 heterocycles. The minimum absolute atomic E-state index is 0.0524. The SMILES string of the molecule is Cc1ccc(C)c(-c2[nH]n(C)c(=O)c2CN)c1. The van der Waals surface area contributed by atoms with E-state index in [0.717, 1.165) is 16.8 Å². The highest BCUT2D eigenvalue weighted by Crippen LogP contribution is 2.24. The smallest absolute Gasteiger partial charge is 0.271 e. The molecule has 0 aliphatic rings. The topological polar surface area (TPSA) is 63.8 Å². The molecule has 0 unspecified atom stereocenters. The second-order valence-electron chi connectivity index (χ2n) is 4.35. The van der Waals surface area contributed by atoms with Gasteiger partial charge in [0.1, 0.15) is 0 Å². The highest BCUT2D eigenvalue weighted by molar-refractivity contribution is 5.67. The molecule has 3 N–H and O–H groups in total. The van der Waals surface area contributed by atoms with Crippen molar-refractivity contribution in [3.63, 3.8) is 0 Å². The van der Waals surface area contributed by atoms with Crippen molar-refractivity contribution in [2.45, 2.75) is 20.4 Å². The summed E-state index contributed by atoms with van der Waals surface area (Å²) in [5.74, 6) is 0. The third kappa shape index (κ3) is 1.91. The molecule has 1 aromatic carbocycles. The van der Waals surface area contributed by atoms with E-state index in [1.54, 1.807) is 7.05 Å². The number of nitrogens with two attached hydrogens (primary N) is 1. The number of nitrogens with zero attached hydrogens (tertiary/aromatic N) is 1. The van der Waals surface area contributed by atoms with Crippen LogP contribution >= 0.6 is 0 Å². The van der Waals surface area contributed by atoms with E-state index in [-0.39, 0.29) is 12.1 Å². The van der Waals surface area contributed by atoms with Gasteiger partial charge < -0.3 is 5.73 Å². The quantitative estimate of drug-likeness (QED) is 0.821. The molecule has 4 heteroatoms. The van der Waals surface area contributed by atoms with E-state index in [0.29, 0.717) is 5.56 Å². The fourth-order valence-electron chi connectivity index (χ4n) is 2.01. The average molecular weight is 231 g/mol. The number of aromatic nitrogens is 2. The van der Waals surface area contributed by atoms with Crippen LogP contribution in [0.5, 0.6) is 0 Å². The lowest BCUT2D eigenvalue weighted by atomic mass is 10.0. The molecule has 1 aromatic heterocycles. The lowest BCUT2D eigenvalue weighted by Crippen LogP contribution is -2.17. The number of nitrogens with one attached hydrogen (secondary N) is 1.